The summed E-state index contributed by atoms with van der Waals surface area (Å²) < 4.78 is 12.7. The first-order valence-corrected chi connectivity index (χ1v) is 10.0. The van der Waals surface area contributed by atoms with Crippen LogP contribution in [-0.2, 0) is 11.8 Å². The number of hydrazine groups is 1. The van der Waals surface area contributed by atoms with Crippen LogP contribution >= 0.6 is 11.8 Å². The fraction of sp³-hybridized carbons (Fsp3) is 0.250. The van der Waals surface area contributed by atoms with Crippen molar-refractivity contribution < 1.29 is 13.9 Å². The average Bonchev–Trinajstić information content (AvgIpc) is 3.48. The standard InChI is InChI=1S/C20H21N5O3S/c1-13-21-22-20(24(13)2)29-12-19(26)25-17(18-5-4-10-28-18)11-16(23-25)14-6-8-15(27-3)9-7-14/h4-11,17,23H,12H2,1-3H3/t17-/m1/s1. The number of hydrogen-bond acceptors (Lipinski definition) is 7. The smallest absolute Gasteiger partial charge is 0.252 e. The van der Waals surface area contributed by atoms with Crippen LogP contribution in [0, 0.1) is 6.92 Å². The number of furan rings is 1. The van der Waals surface area contributed by atoms with E-state index in [1.165, 1.54) is 11.8 Å². The summed E-state index contributed by atoms with van der Waals surface area (Å²) >= 11 is 1.35. The minimum Gasteiger partial charge on any atom is -0.497 e. The van der Waals surface area contributed by atoms with Crippen molar-refractivity contribution in [2.75, 3.05) is 12.9 Å². The van der Waals surface area contributed by atoms with Gasteiger partial charge in [-0.1, -0.05) is 11.8 Å². The lowest BCUT2D eigenvalue weighted by molar-refractivity contribution is -0.131. The van der Waals surface area contributed by atoms with Crippen molar-refractivity contribution in [1.29, 1.82) is 0 Å². The predicted octanol–water partition coefficient (Wildman–Crippen LogP) is 2.95. The molecule has 1 aromatic carbocycles. The van der Waals surface area contributed by atoms with E-state index in [0.29, 0.717) is 10.9 Å². The lowest BCUT2D eigenvalue weighted by Crippen LogP contribution is -2.40. The first kappa shape index (κ1) is 19.1. The van der Waals surface area contributed by atoms with Gasteiger partial charge in [-0.05, 0) is 55.0 Å². The van der Waals surface area contributed by atoms with Crippen LogP contribution in [0.25, 0.3) is 5.70 Å². The highest BCUT2D eigenvalue weighted by molar-refractivity contribution is 7.99. The van der Waals surface area contributed by atoms with Crippen molar-refractivity contribution in [2.24, 2.45) is 7.05 Å². The van der Waals surface area contributed by atoms with Gasteiger partial charge in [0.05, 0.1) is 24.8 Å². The molecule has 29 heavy (non-hydrogen) atoms. The summed E-state index contributed by atoms with van der Waals surface area (Å²) in [5.41, 5.74) is 5.01. The Morgan fingerprint density at radius 2 is 2.07 bits per heavy atom. The zero-order valence-electron chi connectivity index (χ0n) is 16.3. The number of methoxy groups -OCH3 is 1. The van der Waals surface area contributed by atoms with Gasteiger partial charge < -0.3 is 13.7 Å². The van der Waals surface area contributed by atoms with Gasteiger partial charge in [-0.3, -0.25) is 10.2 Å². The molecule has 0 spiro atoms. The number of aromatic nitrogens is 3. The molecule has 1 aliphatic heterocycles. The number of nitrogens with one attached hydrogen (secondary N) is 1. The lowest BCUT2D eigenvalue weighted by atomic mass is 10.1. The SMILES string of the molecule is COc1ccc(C2=C[C@H](c3ccco3)N(C(=O)CSc3nnc(C)n3C)N2)cc1. The molecule has 0 unspecified atom stereocenters. The summed E-state index contributed by atoms with van der Waals surface area (Å²) in [7, 11) is 3.51. The van der Waals surface area contributed by atoms with Gasteiger partial charge in [0.1, 0.15) is 23.4 Å². The Labute approximate surface area is 172 Å². The zero-order chi connectivity index (χ0) is 20.4. The summed E-state index contributed by atoms with van der Waals surface area (Å²) in [6, 6.07) is 11.0. The van der Waals surface area contributed by atoms with Gasteiger partial charge in [0.15, 0.2) is 5.16 Å². The predicted molar refractivity (Wildman–Crippen MR) is 109 cm³/mol. The Morgan fingerprint density at radius 1 is 1.28 bits per heavy atom. The summed E-state index contributed by atoms with van der Waals surface area (Å²) in [6.45, 7) is 1.87. The van der Waals surface area contributed by atoms with Crippen molar-refractivity contribution in [3.05, 3.63) is 65.9 Å². The molecule has 0 aliphatic carbocycles. The molecule has 150 valence electrons. The molecule has 1 aliphatic rings. The van der Waals surface area contributed by atoms with Crippen LogP contribution in [0.1, 0.15) is 23.2 Å². The number of rotatable bonds is 6. The summed E-state index contributed by atoms with van der Waals surface area (Å²) in [5, 5.41) is 10.4. The van der Waals surface area contributed by atoms with Gasteiger partial charge in [0.2, 0.25) is 0 Å². The van der Waals surface area contributed by atoms with Crippen LogP contribution in [0.5, 0.6) is 5.75 Å². The molecule has 0 saturated heterocycles. The van der Waals surface area contributed by atoms with Gasteiger partial charge in [-0.25, -0.2) is 5.01 Å². The lowest BCUT2D eigenvalue weighted by Gasteiger charge is -2.23. The van der Waals surface area contributed by atoms with Crippen molar-refractivity contribution in [3.8, 4) is 5.75 Å². The summed E-state index contributed by atoms with van der Waals surface area (Å²) in [6.07, 6.45) is 3.59. The largest absolute Gasteiger partial charge is 0.497 e. The Morgan fingerprint density at radius 3 is 2.69 bits per heavy atom. The Hall–Kier alpha value is -3.20. The summed E-state index contributed by atoms with van der Waals surface area (Å²) in [5.74, 6) is 2.40. The van der Waals surface area contributed by atoms with E-state index in [0.717, 1.165) is 22.8 Å². The number of carbonyl (C=O) groups is 1. The van der Waals surface area contributed by atoms with E-state index in [4.69, 9.17) is 9.15 Å². The van der Waals surface area contributed by atoms with E-state index >= 15 is 0 Å². The molecule has 3 aromatic rings. The van der Waals surface area contributed by atoms with Crippen molar-refractivity contribution in [2.45, 2.75) is 18.1 Å². The molecule has 0 bridgehead atoms. The fourth-order valence-electron chi connectivity index (χ4n) is 3.00. The highest BCUT2D eigenvalue weighted by Gasteiger charge is 2.32. The molecular formula is C20H21N5O3S. The maximum atomic E-state index is 13.0. The molecular weight excluding hydrogens is 390 g/mol. The highest BCUT2D eigenvalue weighted by Crippen LogP contribution is 2.32. The quantitative estimate of drug-likeness (QED) is 0.624. The minimum atomic E-state index is -0.337. The second-order valence-corrected chi connectivity index (χ2v) is 7.46. The molecule has 3 heterocycles. The molecule has 8 nitrogen and oxygen atoms in total. The summed E-state index contributed by atoms with van der Waals surface area (Å²) in [4.78, 5) is 13.0. The van der Waals surface area contributed by atoms with Gasteiger partial charge in [0, 0.05) is 7.05 Å². The maximum absolute atomic E-state index is 13.0. The molecule has 0 radical (unpaired) electrons. The van der Waals surface area contributed by atoms with Crippen LogP contribution in [-0.4, -0.2) is 38.5 Å². The number of amides is 1. The van der Waals surface area contributed by atoms with Crippen molar-refractivity contribution in [1.82, 2.24) is 25.2 Å². The second kappa shape index (κ2) is 8.04. The first-order valence-electron chi connectivity index (χ1n) is 9.04. The number of ether oxygens (including phenoxy) is 1. The third-order valence-electron chi connectivity index (χ3n) is 4.73. The molecule has 0 saturated carbocycles. The highest BCUT2D eigenvalue weighted by atomic mass is 32.2. The molecule has 2 aromatic heterocycles. The molecule has 0 fully saturated rings. The number of aryl methyl sites for hydroxylation is 1. The topological polar surface area (TPSA) is 85.4 Å². The maximum Gasteiger partial charge on any atom is 0.252 e. The first-order chi connectivity index (χ1) is 14.1. The third kappa shape index (κ3) is 3.86. The van der Waals surface area contributed by atoms with E-state index in [2.05, 4.69) is 15.6 Å². The van der Waals surface area contributed by atoms with Crippen molar-refractivity contribution in [3.63, 3.8) is 0 Å². The van der Waals surface area contributed by atoms with E-state index in [1.807, 2.05) is 61.0 Å². The molecule has 1 N–H and O–H groups in total. The number of thioether (sulfide) groups is 1. The van der Waals surface area contributed by atoms with Crippen molar-refractivity contribution >= 4 is 23.4 Å². The Bertz CT molecular complexity index is 1030. The molecule has 1 amide bonds. The fourth-order valence-corrected chi connectivity index (χ4v) is 3.81. The van der Waals surface area contributed by atoms with Gasteiger partial charge in [-0.15, -0.1) is 10.2 Å². The number of benzene rings is 1. The van der Waals surface area contributed by atoms with Crippen LogP contribution in [0.3, 0.4) is 0 Å². The number of carbonyl (C=O) groups excluding carboxylic acids is 1. The Kier molecular flexibility index (Phi) is 5.30. The van der Waals surface area contributed by atoms with Crippen LogP contribution in [0.4, 0.5) is 0 Å². The number of hydrogen-bond donors (Lipinski definition) is 1. The van der Waals surface area contributed by atoms with Gasteiger partial charge in [0.25, 0.3) is 5.91 Å². The Balaban J connectivity index is 1.53. The minimum absolute atomic E-state index is 0.0863. The van der Waals surface area contributed by atoms with E-state index in [-0.39, 0.29) is 17.7 Å². The van der Waals surface area contributed by atoms with Crippen LogP contribution < -0.4 is 10.2 Å². The van der Waals surface area contributed by atoms with E-state index in [1.54, 1.807) is 18.4 Å². The van der Waals surface area contributed by atoms with E-state index in [9.17, 15) is 4.79 Å². The van der Waals surface area contributed by atoms with Crippen LogP contribution in [0.15, 0.2) is 58.3 Å². The monoisotopic (exact) mass is 411 g/mol. The van der Waals surface area contributed by atoms with Gasteiger partial charge in [-0.2, -0.15) is 0 Å². The molecule has 9 heteroatoms. The average molecular weight is 411 g/mol. The zero-order valence-corrected chi connectivity index (χ0v) is 17.1. The van der Waals surface area contributed by atoms with Crippen LogP contribution in [0.2, 0.25) is 0 Å². The second-order valence-electron chi connectivity index (χ2n) is 6.52. The third-order valence-corrected chi connectivity index (χ3v) is 5.73. The molecule has 4 rings (SSSR count). The van der Waals surface area contributed by atoms with Gasteiger partial charge >= 0.3 is 0 Å². The molecule has 1 atom stereocenters. The van der Waals surface area contributed by atoms with E-state index < -0.39 is 0 Å². The normalized spacial score (nSPS) is 15.9. The number of nitrogens with zero attached hydrogens (tertiary/aromatic N) is 4.